The van der Waals surface area contributed by atoms with Crippen LogP contribution in [0.4, 0.5) is 21.9 Å². The Hall–Kier alpha value is -3.88. The summed E-state index contributed by atoms with van der Waals surface area (Å²) in [5.41, 5.74) is 7.97. The number of fused-ring (bicyclic) bond motifs is 2. The number of thiophene rings is 2. The highest BCUT2D eigenvalue weighted by Gasteiger charge is 2.07. The van der Waals surface area contributed by atoms with E-state index in [-0.39, 0.29) is 0 Å². The molecule has 0 spiro atoms. The third kappa shape index (κ3) is 6.62. The van der Waals surface area contributed by atoms with Crippen LogP contribution in [-0.2, 0) is 11.3 Å². The summed E-state index contributed by atoms with van der Waals surface area (Å²) in [4.78, 5) is 24.0. The van der Waals surface area contributed by atoms with Crippen LogP contribution in [0.3, 0.4) is 0 Å². The maximum atomic E-state index is 11.6. The topological polar surface area (TPSA) is 93.4 Å². The molecule has 2 aromatic heterocycles. The van der Waals surface area contributed by atoms with Gasteiger partial charge in [-0.3, -0.25) is 10.1 Å². The highest BCUT2D eigenvalue weighted by molar-refractivity contribution is 7.20. The van der Waals surface area contributed by atoms with Crippen LogP contribution in [0.25, 0.3) is 20.2 Å². The van der Waals surface area contributed by atoms with Crippen LogP contribution in [0.5, 0.6) is 0 Å². The third-order valence-corrected chi connectivity index (χ3v) is 7.39. The fourth-order valence-electron chi connectivity index (χ4n) is 3.50. The Labute approximate surface area is 217 Å². The summed E-state index contributed by atoms with van der Waals surface area (Å²) in [6.07, 6.45) is 1.19. The van der Waals surface area contributed by atoms with Crippen molar-refractivity contribution >= 4 is 72.3 Å². The van der Waals surface area contributed by atoms with Crippen molar-refractivity contribution in [2.45, 2.75) is 19.9 Å². The maximum Gasteiger partial charge on any atom is 0.411 e. The molecule has 0 bridgehead atoms. The standard InChI is InChI=1S/C19H21N3O2S.C9H6OS/c1-2-9-24-19(23)22-17-8-7-14(11-16(17)20)21-12-15-10-13-5-3-4-6-18(13)25-15;10-6-8-5-7-3-1-2-4-9(7)11-8/h3-8,10-11,21H,2,9,12,20H2,1H3,(H,22,23);1-6H. The molecule has 6 nitrogen and oxygen atoms in total. The van der Waals surface area contributed by atoms with Gasteiger partial charge in [0.1, 0.15) is 0 Å². The zero-order valence-corrected chi connectivity index (χ0v) is 21.5. The van der Waals surface area contributed by atoms with E-state index in [1.165, 1.54) is 31.0 Å². The largest absolute Gasteiger partial charge is 0.449 e. The molecule has 4 N–H and O–H groups in total. The molecule has 0 fully saturated rings. The molecule has 5 aromatic rings. The van der Waals surface area contributed by atoms with E-state index in [2.05, 4.69) is 28.8 Å². The summed E-state index contributed by atoms with van der Waals surface area (Å²) < 4.78 is 7.45. The van der Waals surface area contributed by atoms with Crippen molar-refractivity contribution < 1.29 is 14.3 Å². The van der Waals surface area contributed by atoms with E-state index in [4.69, 9.17) is 10.5 Å². The summed E-state index contributed by atoms with van der Waals surface area (Å²) in [6, 6.07) is 25.9. The van der Waals surface area contributed by atoms with E-state index in [1.807, 2.05) is 61.5 Å². The van der Waals surface area contributed by atoms with Gasteiger partial charge in [-0.1, -0.05) is 43.3 Å². The Morgan fingerprint density at radius 2 is 1.64 bits per heavy atom. The normalized spacial score (nSPS) is 10.5. The minimum atomic E-state index is -0.487. The average molecular weight is 518 g/mol. The number of carbonyl (C=O) groups is 2. The van der Waals surface area contributed by atoms with Gasteiger partial charge in [0.2, 0.25) is 0 Å². The van der Waals surface area contributed by atoms with Crippen molar-refractivity contribution in [2.75, 3.05) is 23.0 Å². The van der Waals surface area contributed by atoms with Crippen LogP contribution < -0.4 is 16.4 Å². The van der Waals surface area contributed by atoms with Crippen molar-refractivity contribution in [3.63, 3.8) is 0 Å². The van der Waals surface area contributed by atoms with E-state index < -0.39 is 6.09 Å². The number of ether oxygens (including phenoxy) is 1. The maximum absolute atomic E-state index is 11.6. The number of nitrogens with two attached hydrogens (primary N) is 1. The number of nitrogen functional groups attached to an aromatic ring is 1. The summed E-state index contributed by atoms with van der Waals surface area (Å²) in [6.45, 7) is 3.06. The van der Waals surface area contributed by atoms with Crippen molar-refractivity contribution in [3.8, 4) is 0 Å². The summed E-state index contributed by atoms with van der Waals surface area (Å²) in [5.74, 6) is 0. The Morgan fingerprint density at radius 3 is 2.28 bits per heavy atom. The molecule has 0 saturated carbocycles. The van der Waals surface area contributed by atoms with E-state index in [0.29, 0.717) is 18.0 Å². The number of rotatable bonds is 7. The van der Waals surface area contributed by atoms with Crippen LogP contribution in [0, 0.1) is 0 Å². The molecule has 0 aliphatic heterocycles. The molecule has 0 unspecified atom stereocenters. The van der Waals surface area contributed by atoms with Gasteiger partial charge in [-0.05, 0) is 59.7 Å². The van der Waals surface area contributed by atoms with Crippen LogP contribution >= 0.6 is 22.7 Å². The molecule has 0 saturated heterocycles. The minimum absolute atomic E-state index is 0.389. The zero-order chi connectivity index (χ0) is 25.3. The number of carbonyl (C=O) groups excluding carboxylic acids is 2. The summed E-state index contributed by atoms with van der Waals surface area (Å²) in [7, 11) is 0. The average Bonchev–Trinajstić information content (AvgIpc) is 3.51. The van der Waals surface area contributed by atoms with Crippen molar-refractivity contribution in [2.24, 2.45) is 0 Å². The Bertz CT molecular complexity index is 1410. The molecule has 0 atom stereocenters. The quantitative estimate of drug-likeness (QED) is 0.151. The lowest BCUT2D eigenvalue weighted by Crippen LogP contribution is -2.15. The predicted octanol–water partition coefficient (Wildman–Crippen LogP) is 7.77. The number of amides is 1. The van der Waals surface area contributed by atoms with E-state index in [1.54, 1.807) is 17.4 Å². The molecule has 8 heteroatoms. The molecule has 36 heavy (non-hydrogen) atoms. The van der Waals surface area contributed by atoms with Crippen LogP contribution in [-0.4, -0.2) is 19.0 Å². The zero-order valence-electron chi connectivity index (χ0n) is 19.8. The van der Waals surface area contributed by atoms with Crippen LogP contribution in [0.15, 0.2) is 78.9 Å². The Kier molecular flexibility index (Phi) is 8.54. The molecular weight excluding hydrogens is 490 g/mol. The lowest BCUT2D eigenvalue weighted by Gasteiger charge is -2.11. The van der Waals surface area contributed by atoms with Crippen LogP contribution in [0.2, 0.25) is 0 Å². The van der Waals surface area contributed by atoms with Gasteiger partial charge < -0.3 is 15.8 Å². The molecule has 0 radical (unpaired) electrons. The Balaban J connectivity index is 0.000000229. The van der Waals surface area contributed by atoms with E-state index in [9.17, 15) is 9.59 Å². The summed E-state index contributed by atoms with van der Waals surface area (Å²) in [5, 5.41) is 8.43. The second-order valence-corrected chi connectivity index (χ2v) is 10.3. The lowest BCUT2D eigenvalue weighted by molar-refractivity contribution is 0.112. The summed E-state index contributed by atoms with van der Waals surface area (Å²) >= 11 is 3.30. The van der Waals surface area contributed by atoms with Gasteiger partial charge in [-0.25, -0.2) is 4.79 Å². The molecule has 2 heterocycles. The van der Waals surface area contributed by atoms with Gasteiger partial charge >= 0.3 is 6.09 Å². The molecule has 3 aromatic carbocycles. The van der Waals surface area contributed by atoms with Gasteiger partial charge in [0.15, 0.2) is 6.29 Å². The smallest absolute Gasteiger partial charge is 0.411 e. The first kappa shape index (κ1) is 25.2. The highest BCUT2D eigenvalue weighted by Crippen LogP contribution is 2.27. The predicted molar refractivity (Wildman–Crippen MR) is 152 cm³/mol. The molecular formula is C28H27N3O3S2. The van der Waals surface area contributed by atoms with Gasteiger partial charge in [-0.2, -0.15) is 0 Å². The highest BCUT2D eigenvalue weighted by atomic mass is 32.1. The monoisotopic (exact) mass is 517 g/mol. The fourth-order valence-corrected chi connectivity index (χ4v) is 5.38. The molecule has 0 aliphatic rings. The number of nitrogens with one attached hydrogen (secondary N) is 2. The van der Waals surface area contributed by atoms with E-state index >= 15 is 0 Å². The van der Waals surface area contributed by atoms with Crippen molar-refractivity contribution in [3.05, 3.63) is 88.6 Å². The lowest BCUT2D eigenvalue weighted by atomic mass is 10.2. The third-order valence-electron chi connectivity index (χ3n) is 5.23. The minimum Gasteiger partial charge on any atom is -0.449 e. The fraction of sp³-hybridized carbons (Fsp3) is 0.143. The number of benzene rings is 3. The first-order valence-corrected chi connectivity index (χ1v) is 13.2. The molecule has 184 valence electrons. The van der Waals surface area contributed by atoms with Gasteiger partial charge in [0.25, 0.3) is 0 Å². The number of hydrogen-bond donors (Lipinski definition) is 3. The first-order chi connectivity index (χ1) is 17.6. The second-order valence-electron chi connectivity index (χ2n) is 7.97. The van der Waals surface area contributed by atoms with E-state index in [0.717, 1.165) is 35.2 Å². The number of hydrogen-bond acceptors (Lipinski definition) is 7. The van der Waals surface area contributed by atoms with Gasteiger partial charge in [0.05, 0.1) is 22.9 Å². The van der Waals surface area contributed by atoms with Gasteiger partial charge in [-0.15, -0.1) is 22.7 Å². The molecule has 0 aliphatic carbocycles. The SMILES string of the molecule is CCCOC(=O)Nc1ccc(NCc2cc3ccccc3s2)cc1N.O=Cc1cc2ccccc2s1. The Morgan fingerprint density at radius 1 is 0.944 bits per heavy atom. The van der Waals surface area contributed by atoms with Crippen LogP contribution in [0.1, 0.15) is 27.9 Å². The van der Waals surface area contributed by atoms with Gasteiger partial charge in [0, 0.05) is 26.5 Å². The van der Waals surface area contributed by atoms with Crippen molar-refractivity contribution in [1.82, 2.24) is 0 Å². The molecule has 1 amide bonds. The number of anilines is 3. The number of aldehydes is 1. The van der Waals surface area contributed by atoms with Crippen molar-refractivity contribution in [1.29, 1.82) is 0 Å². The first-order valence-electron chi connectivity index (χ1n) is 11.5. The second kappa shape index (κ2) is 12.2. The molecule has 5 rings (SSSR count).